The zero-order chi connectivity index (χ0) is 11.4. The molecule has 1 aromatic heterocycles. The van der Waals surface area contributed by atoms with Gasteiger partial charge in [0.05, 0.1) is 11.4 Å². The molecule has 2 aromatic rings. The van der Waals surface area contributed by atoms with Crippen molar-refractivity contribution in [2.24, 2.45) is 5.73 Å². The molecule has 0 saturated heterocycles. The third kappa shape index (κ3) is 2.28. The molecule has 1 aromatic carbocycles. The largest absolute Gasteiger partial charge is 0.323 e. The lowest BCUT2D eigenvalue weighted by Crippen LogP contribution is -2.10. The summed E-state index contributed by atoms with van der Waals surface area (Å²) in [4.78, 5) is 4.59. The highest BCUT2D eigenvalue weighted by atomic mass is 14.8. The van der Waals surface area contributed by atoms with E-state index in [9.17, 15) is 0 Å². The minimum Gasteiger partial charge on any atom is -0.323 e. The van der Waals surface area contributed by atoms with Gasteiger partial charge in [-0.25, -0.2) is 0 Å². The van der Waals surface area contributed by atoms with Gasteiger partial charge in [0.1, 0.15) is 0 Å². The van der Waals surface area contributed by atoms with Crippen molar-refractivity contribution in [3.05, 3.63) is 54.2 Å². The van der Waals surface area contributed by atoms with Gasteiger partial charge in [-0.05, 0) is 18.6 Å². The molecule has 1 heterocycles. The van der Waals surface area contributed by atoms with Crippen LogP contribution in [0.2, 0.25) is 0 Å². The standard InChI is InChI=1S/C14H16N2/c1-2-12(15)14-10-6-9-13(16-14)11-7-4-3-5-8-11/h3-10,12H,2,15H2,1H3. The third-order valence-electron chi connectivity index (χ3n) is 2.66. The fourth-order valence-corrected chi connectivity index (χ4v) is 1.64. The number of nitrogens with zero attached hydrogens (tertiary/aromatic N) is 1. The Bertz CT molecular complexity index is 451. The van der Waals surface area contributed by atoms with Crippen LogP contribution in [0.5, 0.6) is 0 Å². The van der Waals surface area contributed by atoms with Crippen molar-refractivity contribution in [3.8, 4) is 11.3 Å². The zero-order valence-electron chi connectivity index (χ0n) is 9.43. The molecule has 0 saturated carbocycles. The third-order valence-corrected chi connectivity index (χ3v) is 2.66. The molecule has 0 aliphatic heterocycles. The second-order valence-electron chi connectivity index (χ2n) is 3.83. The normalized spacial score (nSPS) is 12.4. The number of rotatable bonds is 3. The first kappa shape index (κ1) is 10.8. The van der Waals surface area contributed by atoms with Gasteiger partial charge in [0.15, 0.2) is 0 Å². The molecule has 1 atom stereocenters. The van der Waals surface area contributed by atoms with Gasteiger partial charge in [0.25, 0.3) is 0 Å². The molecular weight excluding hydrogens is 196 g/mol. The minimum absolute atomic E-state index is 0.0312. The zero-order valence-corrected chi connectivity index (χ0v) is 9.43. The Morgan fingerprint density at radius 2 is 1.81 bits per heavy atom. The van der Waals surface area contributed by atoms with Crippen molar-refractivity contribution in [1.82, 2.24) is 4.98 Å². The van der Waals surface area contributed by atoms with Crippen LogP contribution in [0.1, 0.15) is 25.1 Å². The van der Waals surface area contributed by atoms with E-state index in [0.29, 0.717) is 0 Å². The van der Waals surface area contributed by atoms with Crippen molar-refractivity contribution >= 4 is 0 Å². The average molecular weight is 212 g/mol. The Labute approximate surface area is 96.1 Å². The quantitative estimate of drug-likeness (QED) is 0.848. The van der Waals surface area contributed by atoms with E-state index >= 15 is 0 Å². The van der Waals surface area contributed by atoms with Crippen LogP contribution in [0.15, 0.2) is 48.5 Å². The summed E-state index contributed by atoms with van der Waals surface area (Å²) >= 11 is 0. The second kappa shape index (κ2) is 4.90. The number of hydrogen-bond donors (Lipinski definition) is 1. The summed E-state index contributed by atoms with van der Waals surface area (Å²) in [5, 5.41) is 0. The first-order valence-electron chi connectivity index (χ1n) is 5.59. The number of pyridine rings is 1. The highest BCUT2D eigenvalue weighted by Gasteiger charge is 2.06. The summed E-state index contributed by atoms with van der Waals surface area (Å²) in [6, 6.07) is 16.2. The van der Waals surface area contributed by atoms with Crippen LogP contribution in [-0.2, 0) is 0 Å². The fraction of sp³-hybridized carbons (Fsp3) is 0.214. The summed E-state index contributed by atoms with van der Waals surface area (Å²) < 4.78 is 0. The van der Waals surface area contributed by atoms with Crippen molar-refractivity contribution in [2.45, 2.75) is 19.4 Å². The molecule has 0 bridgehead atoms. The van der Waals surface area contributed by atoms with Crippen LogP contribution >= 0.6 is 0 Å². The van der Waals surface area contributed by atoms with E-state index in [4.69, 9.17) is 5.73 Å². The highest BCUT2D eigenvalue weighted by Crippen LogP contribution is 2.19. The summed E-state index contributed by atoms with van der Waals surface area (Å²) in [6.45, 7) is 2.07. The summed E-state index contributed by atoms with van der Waals surface area (Å²) in [7, 11) is 0. The number of hydrogen-bond acceptors (Lipinski definition) is 2. The maximum absolute atomic E-state index is 5.98. The highest BCUT2D eigenvalue weighted by molar-refractivity contribution is 5.58. The fourth-order valence-electron chi connectivity index (χ4n) is 1.64. The monoisotopic (exact) mass is 212 g/mol. The van der Waals surface area contributed by atoms with Crippen molar-refractivity contribution in [3.63, 3.8) is 0 Å². The molecule has 0 aliphatic rings. The van der Waals surface area contributed by atoms with Crippen molar-refractivity contribution in [2.75, 3.05) is 0 Å². The SMILES string of the molecule is CCC(N)c1cccc(-c2ccccc2)n1. The van der Waals surface area contributed by atoms with Crippen LogP contribution in [0, 0.1) is 0 Å². The van der Waals surface area contributed by atoms with Crippen LogP contribution in [0.25, 0.3) is 11.3 Å². The predicted molar refractivity (Wildman–Crippen MR) is 66.9 cm³/mol. The molecular formula is C14H16N2. The number of nitrogens with two attached hydrogens (primary N) is 1. The van der Waals surface area contributed by atoms with Crippen LogP contribution in [0.4, 0.5) is 0 Å². The van der Waals surface area contributed by atoms with Crippen LogP contribution in [-0.4, -0.2) is 4.98 Å². The maximum atomic E-state index is 5.98. The molecule has 2 rings (SSSR count). The molecule has 0 radical (unpaired) electrons. The van der Waals surface area contributed by atoms with E-state index in [2.05, 4.69) is 24.0 Å². The van der Waals surface area contributed by atoms with Gasteiger partial charge in [-0.2, -0.15) is 0 Å². The Morgan fingerprint density at radius 3 is 2.50 bits per heavy atom. The molecule has 0 spiro atoms. The molecule has 0 amide bonds. The lowest BCUT2D eigenvalue weighted by molar-refractivity contribution is 0.676. The first-order valence-corrected chi connectivity index (χ1v) is 5.59. The molecule has 16 heavy (non-hydrogen) atoms. The van der Waals surface area contributed by atoms with Crippen LogP contribution < -0.4 is 5.73 Å². The Kier molecular flexibility index (Phi) is 3.32. The Morgan fingerprint density at radius 1 is 1.06 bits per heavy atom. The molecule has 2 N–H and O–H groups in total. The van der Waals surface area contributed by atoms with E-state index in [1.807, 2.05) is 36.4 Å². The minimum atomic E-state index is 0.0312. The number of benzene rings is 1. The van der Waals surface area contributed by atoms with Gasteiger partial charge in [0, 0.05) is 11.6 Å². The van der Waals surface area contributed by atoms with E-state index in [1.165, 1.54) is 0 Å². The van der Waals surface area contributed by atoms with E-state index < -0.39 is 0 Å². The van der Waals surface area contributed by atoms with Gasteiger partial charge < -0.3 is 5.73 Å². The van der Waals surface area contributed by atoms with Gasteiger partial charge in [-0.3, -0.25) is 4.98 Å². The molecule has 2 heteroatoms. The van der Waals surface area contributed by atoms with E-state index in [-0.39, 0.29) is 6.04 Å². The average Bonchev–Trinajstić information content (AvgIpc) is 2.39. The smallest absolute Gasteiger partial charge is 0.0706 e. The molecule has 0 aliphatic carbocycles. The predicted octanol–water partition coefficient (Wildman–Crippen LogP) is 3.16. The maximum Gasteiger partial charge on any atom is 0.0706 e. The Balaban J connectivity index is 2.36. The van der Waals surface area contributed by atoms with Gasteiger partial charge in [-0.1, -0.05) is 43.3 Å². The molecule has 2 nitrogen and oxygen atoms in total. The topological polar surface area (TPSA) is 38.9 Å². The van der Waals surface area contributed by atoms with Crippen molar-refractivity contribution < 1.29 is 0 Å². The van der Waals surface area contributed by atoms with Gasteiger partial charge in [-0.15, -0.1) is 0 Å². The summed E-state index contributed by atoms with van der Waals surface area (Å²) in [5.41, 5.74) is 9.06. The van der Waals surface area contributed by atoms with Gasteiger partial charge in [0.2, 0.25) is 0 Å². The molecule has 1 unspecified atom stereocenters. The molecule has 0 fully saturated rings. The van der Waals surface area contributed by atoms with Crippen LogP contribution in [0.3, 0.4) is 0 Å². The van der Waals surface area contributed by atoms with Gasteiger partial charge >= 0.3 is 0 Å². The summed E-state index contributed by atoms with van der Waals surface area (Å²) in [6.07, 6.45) is 0.908. The first-order chi connectivity index (χ1) is 7.81. The van der Waals surface area contributed by atoms with E-state index in [1.54, 1.807) is 0 Å². The Hall–Kier alpha value is -1.67. The second-order valence-corrected chi connectivity index (χ2v) is 3.83. The molecule has 82 valence electrons. The van der Waals surface area contributed by atoms with E-state index in [0.717, 1.165) is 23.4 Å². The van der Waals surface area contributed by atoms with Crippen molar-refractivity contribution in [1.29, 1.82) is 0 Å². The summed E-state index contributed by atoms with van der Waals surface area (Å²) in [5.74, 6) is 0. The number of aromatic nitrogens is 1. The lowest BCUT2D eigenvalue weighted by Gasteiger charge is -2.09. The lowest BCUT2D eigenvalue weighted by atomic mass is 10.1.